The first-order chi connectivity index (χ1) is 10.9. The van der Waals surface area contributed by atoms with E-state index in [0.717, 1.165) is 39.0 Å². The second-order valence-electron chi connectivity index (χ2n) is 7.96. The molecule has 0 aliphatic carbocycles. The maximum absolute atomic E-state index is 12.4. The normalized spacial score (nSPS) is 27.0. The first-order valence-electron chi connectivity index (χ1n) is 9.34. The molecule has 5 nitrogen and oxygen atoms in total. The number of piperidine rings is 2. The van der Waals surface area contributed by atoms with E-state index >= 15 is 0 Å². The number of likely N-dealkylation sites (N-methyl/N-ethyl adjacent to an activating group) is 1. The van der Waals surface area contributed by atoms with Gasteiger partial charge in [-0.3, -0.25) is 0 Å². The molecule has 2 unspecified atom stereocenters. The highest BCUT2D eigenvalue weighted by Crippen LogP contribution is 2.20. The Hall–Kier alpha value is -0.810. The van der Waals surface area contributed by atoms with E-state index in [1.807, 2.05) is 25.7 Å². The van der Waals surface area contributed by atoms with Crippen molar-refractivity contribution in [1.82, 2.24) is 15.1 Å². The van der Waals surface area contributed by atoms with Gasteiger partial charge in [-0.2, -0.15) is 0 Å². The molecule has 0 saturated carbocycles. The molecule has 2 atom stereocenters. The minimum Gasteiger partial charge on any atom is -0.444 e. The summed E-state index contributed by atoms with van der Waals surface area (Å²) in [4.78, 5) is 16.9. The summed E-state index contributed by atoms with van der Waals surface area (Å²) in [6, 6.07) is 0.835. The Morgan fingerprint density at radius 1 is 1.17 bits per heavy atom. The maximum Gasteiger partial charge on any atom is 0.410 e. The van der Waals surface area contributed by atoms with Gasteiger partial charge in [-0.25, -0.2) is 4.79 Å². The summed E-state index contributed by atoms with van der Waals surface area (Å²) >= 11 is 0. The zero-order valence-electron chi connectivity index (χ0n) is 15.4. The van der Waals surface area contributed by atoms with Crippen molar-refractivity contribution in [1.29, 1.82) is 0 Å². The number of amides is 1. The highest BCUT2D eigenvalue weighted by atomic mass is 16.6. The Labute approximate surface area is 141 Å². The van der Waals surface area contributed by atoms with Gasteiger partial charge in [-0.15, -0.1) is 0 Å². The lowest BCUT2D eigenvalue weighted by Crippen LogP contribution is -2.53. The lowest BCUT2D eigenvalue weighted by atomic mass is 10.0. The third-order valence-electron chi connectivity index (χ3n) is 4.85. The van der Waals surface area contributed by atoms with E-state index in [-0.39, 0.29) is 12.1 Å². The summed E-state index contributed by atoms with van der Waals surface area (Å²) in [6.45, 7) is 13.2. The molecular formula is C18H35N3O2. The van der Waals surface area contributed by atoms with Crippen molar-refractivity contribution >= 4 is 6.09 Å². The molecule has 2 rings (SSSR count). The van der Waals surface area contributed by atoms with Crippen molar-refractivity contribution in [3.05, 3.63) is 0 Å². The molecule has 2 aliphatic rings. The number of likely N-dealkylation sites (tertiary alicyclic amines) is 2. The van der Waals surface area contributed by atoms with Crippen LogP contribution in [0.5, 0.6) is 0 Å². The number of nitrogens with zero attached hydrogens (tertiary/aromatic N) is 2. The molecule has 0 bridgehead atoms. The van der Waals surface area contributed by atoms with Gasteiger partial charge >= 0.3 is 6.09 Å². The van der Waals surface area contributed by atoms with Gasteiger partial charge in [0.2, 0.25) is 0 Å². The molecule has 1 amide bonds. The van der Waals surface area contributed by atoms with Crippen molar-refractivity contribution in [2.75, 3.05) is 32.7 Å². The number of nitrogens with one attached hydrogen (secondary N) is 1. The zero-order chi connectivity index (χ0) is 16.9. The number of rotatable bonds is 4. The van der Waals surface area contributed by atoms with E-state index in [0.29, 0.717) is 6.04 Å². The summed E-state index contributed by atoms with van der Waals surface area (Å²) in [5.74, 6) is 0. The average molecular weight is 325 g/mol. The van der Waals surface area contributed by atoms with Gasteiger partial charge in [0.05, 0.1) is 0 Å². The molecule has 2 aliphatic heterocycles. The minimum atomic E-state index is -0.419. The molecule has 5 heteroatoms. The summed E-state index contributed by atoms with van der Waals surface area (Å²) in [6.07, 6.45) is 5.74. The van der Waals surface area contributed by atoms with Crippen LogP contribution in [0.15, 0.2) is 0 Å². The SMILES string of the molecule is CCN1CCCC(NCC2CCCCN2C(=O)OC(C)(C)C)C1. The van der Waals surface area contributed by atoms with Crippen LogP contribution < -0.4 is 5.32 Å². The van der Waals surface area contributed by atoms with Crippen molar-refractivity contribution in [2.45, 2.75) is 77.5 Å². The highest BCUT2D eigenvalue weighted by molar-refractivity contribution is 5.68. The van der Waals surface area contributed by atoms with Crippen LogP contribution in [-0.4, -0.2) is 66.3 Å². The first-order valence-corrected chi connectivity index (χ1v) is 9.34. The van der Waals surface area contributed by atoms with Gasteiger partial charge in [-0.05, 0) is 66.0 Å². The lowest BCUT2D eigenvalue weighted by molar-refractivity contribution is 0.00933. The zero-order valence-corrected chi connectivity index (χ0v) is 15.4. The standard InChI is InChI=1S/C18H35N3O2/c1-5-20-11-8-9-15(14-20)19-13-16-10-6-7-12-21(16)17(22)23-18(2,3)4/h15-16,19H,5-14H2,1-4H3. The van der Waals surface area contributed by atoms with Crippen molar-refractivity contribution in [2.24, 2.45) is 0 Å². The molecule has 0 aromatic carbocycles. The summed E-state index contributed by atoms with van der Waals surface area (Å²) in [5.41, 5.74) is -0.419. The predicted molar refractivity (Wildman–Crippen MR) is 93.7 cm³/mol. The fourth-order valence-corrected chi connectivity index (χ4v) is 3.59. The minimum absolute atomic E-state index is 0.150. The number of carbonyl (C=O) groups excluding carboxylic acids is 1. The molecule has 0 aromatic rings. The third kappa shape index (κ3) is 5.96. The smallest absolute Gasteiger partial charge is 0.410 e. The van der Waals surface area contributed by atoms with E-state index in [2.05, 4.69) is 17.1 Å². The van der Waals surface area contributed by atoms with E-state index in [1.54, 1.807) is 0 Å². The average Bonchev–Trinajstić information content (AvgIpc) is 2.52. The van der Waals surface area contributed by atoms with E-state index < -0.39 is 5.60 Å². The van der Waals surface area contributed by atoms with Crippen LogP contribution in [0.4, 0.5) is 4.79 Å². The molecule has 0 radical (unpaired) electrons. The van der Waals surface area contributed by atoms with Crippen LogP contribution in [0.3, 0.4) is 0 Å². The molecule has 0 spiro atoms. The van der Waals surface area contributed by atoms with E-state index in [4.69, 9.17) is 4.74 Å². The Kier molecular flexibility index (Phi) is 6.72. The molecule has 2 heterocycles. The Morgan fingerprint density at radius 3 is 2.65 bits per heavy atom. The van der Waals surface area contributed by atoms with Gasteiger partial charge in [0.15, 0.2) is 0 Å². The Balaban J connectivity index is 1.85. The van der Waals surface area contributed by atoms with Crippen LogP contribution in [0, 0.1) is 0 Å². The van der Waals surface area contributed by atoms with Gasteiger partial charge < -0.3 is 19.9 Å². The third-order valence-corrected chi connectivity index (χ3v) is 4.85. The molecular weight excluding hydrogens is 290 g/mol. The predicted octanol–water partition coefficient (Wildman–Crippen LogP) is 2.85. The number of hydrogen-bond acceptors (Lipinski definition) is 4. The summed E-state index contributed by atoms with van der Waals surface area (Å²) < 4.78 is 5.58. The fraction of sp³-hybridized carbons (Fsp3) is 0.944. The summed E-state index contributed by atoms with van der Waals surface area (Å²) in [7, 11) is 0. The maximum atomic E-state index is 12.4. The number of carbonyl (C=O) groups is 1. The van der Waals surface area contributed by atoms with Gasteiger partial charge in [0.25, 0.3) is 0 Å². The molecule has 134 valence electrons. The number of hydrogen-bond donors (Lipinski definition) is 1. The van der Waals surface area contributed by atoms with Crippen LogP contribution in [0.25, 0.3) is 0 Å². The van der Waals surface area contributed by atoms with Crippen molar-refractivity contribution in [3.63, 3.8) is 0 Å². The van der Waals surface area contributed by atoms with Gasteiger partial charge in [0, 0.05) is 31.7 Å². The summed E-state index contributed by atoms with van der Waals surface area (Å²) in [5, 5.41) is 3.71. The van der Waals surface area contributed by atoms with Crippen LogP contribution in [-0.2, 0) is 4.74 Å². The van der Waals surface area contributed by atoms with Crippen molar-refractivity contribution < 1.29 is 9.53 Å². The quantitative estimate of drug-likeness (QED) is 0.863. The molecule has 2 saturated heterocycles. The topological polar surface area (TPSA) is 44.8 Å². The van der Waals surface area contributed by atoms with Crippen molar-refractivity contribution in [3.8, 4) is 0 Å². The van der Waals surface area contributed by atoms with Crippen LogP contribution in [0.2, 0.25) is 0 Å². The second kappa shape index (κ2) is 8.34. The molecule has 0 aromatic heterocycles. The molecule has 1 N–H and O–H groups in total. The second-order valence-corrected chi connectivity index (χ2v) is 7.96. The van der Waals surface area contributed by atoms with E-state index in [1.165, 1.54) is 25.8 Å². The van der Waals surface area contributed by atoms with Crippen LogP contribution in [0.1, 0.15) is 59.8 Å². The Morgan fingerprint density at radius 2 is 1.96 bits per heavy atom. The number of ether oxygens (including phenoxy) is 1. The largest absolute Gasteiger partial charge is 0.444 e. The highest BCUT2D eigenvalue weighted by Gasteiger charge is 2.31. The van der Waals surface area contributed by atoms with Gasteiger partial charge in [-0.1, -0.05) is 6.92 Å². The van der Waals surface area contributed by atoms with Crippen LogP contribution >= 0.6 is 0 Å². The van der Waals surface area contributed by atoms with E-state index in [9.17, 15) is 4.79 Å². The lowest BCUT2D eigenvalue weighted by Gasteiger charge is -2.39. The van der Waals surface area contributed by atoms with Gasteiger partial charge in [0.1, 0.15) is 5.60 Å². The first kappa shape index (κ1) is 18.5. The fourth-order valence-electron chi connectivity index (χ4n) is 3.59. The molecule has 23 heavy (non-hydrogen) atoms. The monoisotopic (exact) mass is 325 g/mol. The molecule has 2 fully saturated rings. The Bertz CT molecular complexity index is 381.